The molecule has 2 N–H and O–H groups in total. The standard InChI is InChI=1S/C18H23N3O3S2/c1-11(2)10-24-14-7-12(3)5-6-13(14)21(16(23)8-15(19)22)18-20-9-17(25-4)26-18/h5-7,9,11H,8,10H2,1-4H3,(H2,19,22). The number of ether oxygens (including phenoxy) is 1. The molecule has 1 aromatic carbocycles. The second kappa shape index (κ2) is 9.05. The lowest BCUT2D eigenvalue weighted by atomic mass is 10.2. The minimum atomic E-state index is -0.682. The average Bonchev–Trinajstić information content (AvgIpc) is 3.02. The highest BCUT2D eigenvalue weighted by molar-refractivity contribution is 8.00. The summed E-state index contributed by atoms with van der Waals surface area (Å²) in [4.78, 5) is 29.8. The Morgan fingerprint density at radius 3 is 2.69 bits per heavy atom. The van der Waals surface area contributed by atoms with Gasteiger partial charge in [-0.1, -0.05) is 31.3 Å². The Morgan fingerprint density at radius 1 is 1.38 bits per heavy atom. The smallest absolute Gasteiger partial charge is 0.242 e. The third kappa shape index (κ3) is 5.22. The van der Waals surface area contributed by atoms with Crippen molar-refractivity contribution in [2.75, 3.05) is 17.8 Å². The number of amides is 2. The van der Waals surface area contributed by atoms with E-state index in [1.165, 1.54) is 16.2 Å². The predicted molar refractivity (Wildman–Crippen MR) is 106 cm³/mol. The van der Waals surface area contributed by atoms with Crippen LogP contribution in [0.5, 0.6) is 5.75 Å². The van der Waals surface area contributed by atoms with E-state index in [2.05, 4.69) is 18.8 Å². The number of primary amides is 1. The van der Waals surface area contributed by atoms with E-state index in [4.69, 9.17) is 10.5 Å². The number of thioether (sulfide) groups is 1. The van der Waals surface area contributed by atoms with Crippen LogP contribution < -0.4 is 15.4 Å². The lowest BCUT2D eigenvalue weighted by molar-refractivity contribution is -0.125. The molecule has 2 rings (SSSR count). The molecule has 0 fully saturated rings. The summed E-state index contributed by atoms with van der Waals surface area (Å²) >= 11 is 2.92. The molecular formula is C18H23N3O3S2. The van der Waals surface area contributed by atoms with Gasteiger partial charge in [-0.15, -0.1) is 11.8 Å². The first kappa shape index (κ1) is 20.3. The highest BCUT2D eigenvalue weighted by Gasteiger charge is 2.26. The molecule has 0 spiro atoms. The monoisotopic (exact) mass is 393 g/mol. The number of thiazole rings is 1. The van der Waals surface area contributed by atoms with Crippen molar-refractivity contribution in [3.63, 3.8) is 0 Å². The van der Waals surface area contributed by atoms with Crippen molar-refractivity contribution in [2.45, 2.75) is 31.4 Å². The molecule has 1 heterocycles. The number of benzene rings is 1. The van der Waals surface area contributed by atoms with Crippen LogP contribution in [0.2, 0.25) is 0 Å². The topological polar surface area (TPSA) is 85.5 Å². The van der Waals surface area contributed by atoms with Crippen molar-refractivity contribution in [3.8, 4) is 5.75 Å². The molecule has 0 unspecified atom stereocenters. The van der Waals surface area contributed by atoms with Gasteiger partial charge in [-0.2, -0.15) is 0 Å². The Hall–Kier alpha value is -2.06. The number of carbonyl (C=O) groups excluding carboxylic acids is 2. The minimum Gasteiger partial charge on any atom is -0.491 e. The zero-order valence-electron chi connectivity index (χ0n) is 15.3. The Bertz CT molecular complexity index is 790. The van der Waals surface area contributed by atoms with Crippen LogP contribution in [0.4, 0.5) is 10.8 Å². The van der Waals surface area contributed by atoms with Crippen molar-refractivity contribution in [3.05, 3.63) is 30.0 Å². The normalized spacial score (nSPS) is 10.8. The Morgan fingerprint density at radius 2 is 2.12 bits per heavy atom. The molecular weight excluding hydrogens is 370 g/mol. The first-order valence-electron chi connectivity index (χ1n) is 8.16. The second-order valence-corrected chi connectivity index (χ2v) is 8.33. The predicted octanol–water partition coefficient (Wildman–Crippen LogP) is 3.75. The maximum absolute atomic E-state index is 12.8. The summed E-state index contributed by atoms with van der Waals surface area (Å²) in [6.45, 7) is 6.58. The Kier molecular flexibility index (Phi) is 7.05. The van der Waals surface area contributed by atoms with Crippen molar-refractivity contribution in [2.24, 2.45) is 11.7 Å². The van der Waals surface area contributed by atoms with E-state index in [0.29, 0.717) is 29.1 Å². The Labute approximate surface area is 161 Å². The van der Waals surface area contributed by atoms with Crippen LogP contribution >= 0.6 is 23.1 Å². The molecule has 0 aliphatic rings. The van der Waals surface area contributed by atoms with Gasteiger partial charge >= 0.3 is 0 Å². The third-order valence-corrected chi connectivity index (χ3v) is 5.40. The number of aromatic nitrogens is 1. The fourth-order valence-corrected chi connectivity index (χ4v) is 3.60. The number of rotatable bonds is 8. The molecule has 0 aliphatic carbocycles. The van der Waals surface area contributed by atoms with Gasteiger partial charge in [0.25, 0.3) is 0 Å². The third-order valence-electron chi connectivity index (χ3n) is 3.37. The van der Waals surface area contributed by atoms with Crippen molar-refractivity contribution in [1.82, 2.24) is 4.98 Å². The molecule has 8 heteroatoms. The number of anilines is 2. The van der Waals surface area contributed by atoms with Crippen LogP contribution in [0.25, 0.3) is 0 Å². The number of nitrogens with zero attached hydrogens (tertiary/aromatic N) is 2. The van der Waals surface area contributed by atoms with E-state index in [-0.39, 0.29) is 0 Å². The molecule has 0 radical (unpaired) electrons. The maximum Gasteiger partial charge on any atom is 0.242 e. The number of carbonyl (C=O) groups is 2. The van der Waals surface area contributed by atoms with Gasteiger partial charge in [0, 0.05) is 0 Å². The first-order valence-corrected chi connectivity index (χ1v) is 10.2. The quantitative estimate of drug-likeness (QED) is 0.545. The fraction of sp³-hybridized carbons (Fsp3) is 0.389. The largest absolute Gasteiger partial charge is 0.491 e. The molecule has 1 aromatic heterocycles. The van der Waals surface area contributed by atoms with E-state index in [0.717, 1.165) is 9.77 Å². The molecule has 0 atom stereocenters. The second-order valence-electron chi connectivity index (χ2n) is 6.21. The average molecular weight is 394 g/mol. The van der Waals surface area contributed by atoms with Gasteiger partial charge in [0.2, 0.25) is 11.8 Å². The van der Waals surface area contributed by atoms with Crippen LogP contribution in [0.15, 0.2) is 28.6 Å². The van der Waals surface area contributed by atoms with Crippen LogP contribution in [-0.2, 0) is 9.59 Å². The zero-order valence-corrected chi connectivity index (χ0v) is 16.9. The van der Waals surface area contributed by atoms with Crippen molar-refractivity contribution >= 4 is 45.7 Å². The highest BCUT2D eigenvalue weighted by Crippen LogP contribution is 2.39. The van der Waals surface area contributed by atoms with Crippen LogP contribution in [0.1, 0.15) is 25.8 Å². The van der Waals surface area contributed by atoms with E-state index < -0.39 is 18.2 Å². The molecule has 0 aliphatic heterocycles. The molecule has 140 valence electrons. The van der Waals surface area contributed by atoms with Gasteiger partial charge in [-0.3, -0.25) is 14.5 Å². The molecule has 0 saturated carbocycles. The summed E-state index contributed by atoms with van der Waals surface area (Å²) in [5.74, 6) is -0.199. The first-order chi connectivity index (χ1) is 12.3. The van der Waals surface area contributed by atoms with Gasteiger partial charge in [0.1, 0.15) is 12.2 Å². The van der Waals surface area contributed by atoms with Crippen molar-refractivity contribution in [1.29, 1.82) is 0 Å². The SMILES string of the molecule is CSc1cnc(N(C(=O)CC(N)=O)c2ccc(C)cc2OCC(C)C)s1. The fourth-order valence-electron chi connectivity index (χ4n) is 2.20. The summed E-state index contributed by atoms with van der Waals surface area (Å²) in [7, 11) is 0. The molecule has 26 heavy (non-hydrogen) atoms. The summed E-state index contributed by atoms with van der Waals surface area (Å²) in [5, 5.41) is 0.485. The molecule has 0 saturated heterocycles. The molecule has 2 amide bonds. The molecule has 6 nitrogen and oxygen atoms in total. The van der Waals surface area contributed by atoms with Gasteiger partial charge in [0.05, 0.1) is 22.7 Å². The zero-order chi connectivity index (χ0) is 19.3. The van der Waals surface area contributed by atoms with Gasteiger partial charge in [-0.25, -0.2) is 4.98 Å². The number of aryl methyl sites for hydroxylation is 1. The number of hydrogen-bond donors (Lipinski definition) is 1. The summed E-state index contributed by atoms with van der Waals surface area (Å²) in [6, 6.07) is 5.58. The summed E-state index contributed by atoms with van der Waals surface area (Å²) in [6.07, 6.45) is 3.25. The molecule has 2 aromatic rings. The molecule has 0 bridgehead atoms. The number of hydrogen-bond acceptors (Lipinski definition) is 6. The number of nitrogens with two attached hydrogens (primary N) is 1. The Balaban J connectivity index is 2.50. The lowest BCUT2D eigenvalue weighted by Gasteiger charge is -2.23. The van der Waals surface area contributed by atoms with Gasteiger partial charge < -0.3 is 10.5 Å². The van der Waals surface area contributed by atoms with Gasteiger partial charge in [-0.05, 0) is 36.8 Å². The van der Waals surface area contributed by atoms with Gasteiger partial charge in [0.15, 0.2) is 5.13 Å². The minimum absolute atomic E-state index is 0.334. The maximum atomic E-state index is 12.8. The van der Waals surface area contributed by atoms with Crippen LogP contribution in [-0.4, -0.2) is 29.7 Å². The van der Waals surface area contributed by atoms with Crippen molar-refractivity contribution < 1.29 is 14.3 Å². The summed E-state index contributed by atoms with van der Waals surface area (Å²) < 4.78 is 6.90. The van der Waals surface area contributed by atoms with E-state index in [9.17, 15) is 9.59 Å². The van der Waals surface area contributed by atoms with E-state index in [1.807, 2.05) is 31.4 Å². The highest BCUT2D eigenvalue weighted by atomic mass is 32.2. The van der Waals surface area contributed by atoms with E-state index >= 15 is 0 Å². The lowest BCUT2D eigenvalue weighted by Crippen LogP contribution is -2.30. The van der Waals surface area contributed by atoms with Crippen LogP contribution in [0, 0.1) is 12.8 Å². The van der Waals surface area contributed by atoms with Crippen LogP contribution in [0.3, 0.4) is 0 Å². The van der Waals surface area contributed by atoms with E-state index in [1.54, 1.807) is 18.0 Å². The summed E-state index contributed by atoms with van der Waals surface area (Å²) in [5.41, 5.74) is 6.81.